The lowest BCUT2D eigenvalue weighted by atomic mass is 9.99. The molecule has 112 valence electrons. The molecule has 0 radical (unpaired) electrons. The van der Waals surface area contributed by atoms with Gasteiger partial charge in [0.25, 0.3) is 10.2 Å². The minimum absolute atomic E-state index is 0.269. The van der Waals surface area contributed by atoms with Crippen molar-refractivity contribution in [2.75, 3.05) is 19.6 Å². The van der Waals surface area contributed by atoms with Crippen molar-refractivity contribution in [3.05, 3.63) is 22.4 Å². The van der Waals surface area contributed by atoms with Crippen molar-refractivity contribution >= 4 is 27.5 Å². The highest BCUT2D eigenvalue weighted by Gasteiger charge is 2.30. The summed E-state index contributed by atoms with van der Waals surface area (Å²) in [4.78, 5) is 12.0. The summed E-state index contributed by atoms with van der Waals surface area (Å²) in [6.45, 7) is 0.901. The Morgan fingerprint density at radius 1 is 1.45 bits per heavy atom. The van der Waals surface area contributed by atoms with Gasteiger partial charge in [-0.15, -0.1) is 11.3 Å². The molecule has 0 aromatic carbocycles. The molecule has 8 heteroatoms. The summed E-state index contributed by atoms with van der Waals surface area (Å²) in [5.74, 6) is -1.26. The van der Waals surface area contributed by atoms with E-state index in [2.05, 4.69) is 4.72 Å². The first kappa shape index (κ1) is 15.4. The average molecular weight is 318 g/mol. The van der Waals surface area contributed by atoms with Gasteiger partial charge in [-0.1, -0.05) is 6.07 Å². The Kier molecular flexibility index (Phi) is 5.14. The van der Waals surface area contributed by atoms with E-state index in [1.807, 2.05) is 17.5 Å². The number of carboxylic acids is 1. The third-order valence-electron chi connectivity index (χ3n) is 3.38. The highest BCUT2D eigenvalue weighted by Crippen LogP contribution is 2.19. The van der Waals surface area contributed by atoms with Crippen molar-refractivity contribution in [2.45, 2.75) is 19.3 Å². The molecule has 1 aromatic heterocycles. The normalized spacial score (nSPS) is 18.2. The third kappa shape index (κ3) is 4.02. The topological polar surface area (TPSA) is 86.7 Å². The number of carbonyl (C=O) groups is 1. The number of thiophene rings is 1. The molecule has 0 spiro atoms. The van der Waals surface area contributed by atoms with Crippen LogP contribution in [-0.4, -0.2) is 43.4 Å². The average Bonchev–Trinajstić information content (AvgIpc) is 2.92. The van der Waals surface area contributed by atoms with E-state index in [4.69, 9.17) is 5.11 Å². The first-order chi connectivity index (χ1) is 9.49. The minimum atomic E-state index is -3.49. The van der Waals surface area contributed by atoms with Crippen molar-refractivity contribution < 1.29 is 18.3 Å². The molecule has 2 heterocycles. The van der Waals surface area contributed by atoms with E-state index in [9.17, 15) is 13.2 Å². The van der Waals surface area contributed by atoms with Crippen LogP contribution in [0.4, 0.5) is 0 Å². The van der Waals surface area contributed by atoms with E-state index in [0.29, 0.717) is 25.8 Å². The summed E-state index contributed by atoms with van der Waals surface area (Å²) in [6, 6.07) is 3.91. The molecule has 1 aromatic rings. The molecule has 2 rings (SSSR count). The van der Waals surface area contributed by atoms with Gasteiger partial charge in [0, 0.05) is 24.5 Å². The van der Waals surface area contributed by atoms with E-state index in [1.165, 1.54) is 4.31 Å². The molecule has 1 saturated heterocycles. The molecular formula is C12H18N2O4S2. The zero-order valence-corrected chi connectivity index (χ0v) is 12.6. The van der Waals surface area contributed by atoms with Crippen LogP contribution >= 0.6 is 11.3 Å². The van der Waals surface area contributed by atoms with Gasteiger partial charge in [0.1, 0.15) is 0 Å². The SMILES string of the molecule is O=C(O)C1CCN(S(=O)(=O)NCCc2cccs2)CC1. The first-order valence-electron chi connectivity index (χ1n) is 6.49. The van der Waals surface area contributed by atoms with E-state index in [1.54, 1.807) is 11.3 Å². The molecule has 1 fully saturated rings. The molecule has 0 aliphatic carbocycles. The molecule has 0 bridgehead atoms. The number of nitrogens with zero attached hydrogens (tertiary/aromatic N) is 1. The third-order valence-corrected chi connectivity index (χ3v) is 5.93. The number of piperidine rings is 1. The quantitative estimate of drug-likeness (QED) is 0.816. The highest BCUT2D eigenvalue weighted by atomic mass is 32.2. The molecule has 0 atom stereocenters. The van der Waals surface area contributed by atoms with Crippen LogP contribution in [-0.2, 0) is 21.4 Å². The monoisotopic (exact) mass is 318 g/mol. The van der Waals surface area contributed by atoms with Gasteiger partial charge < -0.3 is 5.11 Å². The lowest BCUT2D eigenvalue weighted by Crippen LogP contribution is -2.46. The molecule has 0 unspecified atom stereocenters. The van der Waals surface area contributed by atoms with Crippen LogP contribution in [0.2, 0.25) is 0 Å². The number of aliphatic carboxylic acids is 1. The molecule has 20 heavy (non-hydrogen) atoms. The second-order valence-corrected chi connectivity index (χ2v) is 7.53. The minimum Gasteiger partial charge on any atom is -0.481 e. The van der Waals surface area contributed by atoms with Gasteiger partial charge >= 0.3 is 5.97 Å². The molecule has 1 aliphatic rings. The van der Waals surface area contributed by atoms with Crippen LogP contribution < -0.4 is 4.72 Å². The summed E-state index contributed by atoms with van der Waals surface area (Å²) in [6.07, 6.45) is 1.42. The first-order valence-corrected chi connectivity index (χ1v) is 8.81. The Labute approximate surface area is 122 Å². The highest BCUT2D eigenvalue weighted by molar-refractivity contribution is 7.87. The Morgan fingerprint density at radius 2 is 2.15 bits per heavy atom. The number of carboxylic acid groups (broad SMARTS) is 1. The predicted molar refractivity (Wildman–Crippen MR) is 76.9 cm³/mol. The summed E-state index contributed by atoms with van der Waals surface area (Å²) < 4.78 is 28.0. The summed E-state index contributed by atoms with van der Waals surface area (Å²) in [7, 11) is -3.49. The number of nitrogens with one attached hydrogen (secondary N) is 1. The molecule has 1 aliphatic heterocycles. The van der Waals surface area contributed by atoms with Crippen molar-refractivity contribution in [3.8, 4) is 0 Å². The molecule has 0 amide bonds. The molecular weight excluding hydrogens is 300 g/mol. The van der Waals surface area contributed by atoms with E-state index >= 15 is 0 Å². The molecule has 0 saturated carbocycles. The van der Waals surface area contributed by atoms with Crippen LogP contribution in [0.5, 0.6) is 0 Å². The Balaban J connectivity index is 1.80. The van der Waals surface area contributed by atoms with Crippen molar-refractivity contribution in [1.29, 1.82) is 0 Å². The standard InChI is InChI=1S/C12H18N2O4S2/c15-12(16)10-4-7-14(8-5-10)20(17,18)13-6-3-11-2-1-9-19-11/h1-2,9-10,13H,3-8H2,(H,15,16). The Hall–Kier alpha value is -0.960. The predicted octanol–water partition coefficient (Wildman–Crippen LogP) is 0.922. The fourth-order valence-electron chi connectivity index (χ4n) is 2.19. The van der Waals surface area contributed by atoms with Gasteiger partial charge in [0.05, 0.1) is 5.92 Å². The largest absolute Gasteiger partial charge is 0.481 e. The number of rotatable bonds is 6. The summed E-state index contributed by atoms with van der Waals surface area (Å²) in [5, 5.41) is 10.9. The van der Waals surface area contributed by atoms with Crippen molar-refractivity contribution in [3.63, 3.8) is 0 Å². The maximum atomic E-state index is 12.1. The van der Waals surface area contributed by atoms with Gasteiger partial charge in [-0.25, -0.2) is 4.72 Å². The second kappa shape index (κ2) is 6.66. The fraction of sp³-hybridized carbons (Fsp3) is 0.583. The smallest absolute Gasteiger partial charge is 0.306 e. The summed E-state index contributed by atoms with van der Waals surface area (Å²) >= 11 is 1.60. The van der Waals surface area contributed by atoms with Gasteiger partial charge in [0.2, 0.25) is 0 Å². The Bertz CT molecular complexity index is 534. The zero-order valence-electron chi connectivity index (χ0n) is 11.0. The van der Waals surface area contributed by atoms with Crippen molar-refractivity contribution in [1.82, 2.24) is 9.03 Å². The van der Waals surface area contributed by atoms with E-state index in [-0.39, 0.29) is 13.1 Å². The van der Waals surface area contributed by atoms with Gasteiger partial charge in [-0.2, -0.15) is 12.7 Å². The number of hydrogen-bond donors (Lipinski definition) is 2. The van der Waals surface area contributed by atoms with E-state index in [0.717, 1.165) is 4.88 Å². The maximum absolute atomic E-state index is 12.1. The van der Waals surface area contributed by atoms with Gasteiger partial charge in [0.15, 0.2) is 0 Å². The Morgan fingerprint density at radius 3 is 2.70 bits per heavy atom. The van der Waals surface area contributed by atoms with Crippen molar-refractivity contribution in [2.24, 2.45) is 5.92 Å². The summed E-state index contributed by atoms with van der Waals surface area (Å²) in [5.41, 5.74) is 0. The van der Waals surface area contributed by atoms with Crippen LogP contribution in [0, 0.1) is 5.92 Å². The van der Waals surface area contributed by atoms with Crippen LogP contribution in [0.15, 0.2) is 17.5 Å². The van der Waals surface area contributed by atoms with Crippen LogP contribution in [0.1, 0.15) is 17.7 Å². The zero-order chi connectivity index (χ0) is 14.6. The number of hydrogen-bond acceptors (Lipinski definition) is 4. The van der Waals surface area contributed by atoms with Gasteiger partial charge in [-0.3, -0.25) is 4.79 Å². The lowest BCUT2D eigenvalue weighted by Gasteiger charge is -2.29. The van der Waals surface area contributed by atoms with Crippen LogP contribution in [0.25, 0.3) is 0 Å². The molecule has 2 N–H and O–H groups in total. The molecule has 6 nitrogen and oxygen atoms in total. The lowest BCUT2D eigenvalue weighted by molar-refractivity contribution is -0.142. The second-order valence-electron chi connectivity index (χ2n) is 4.74. The fourth-order valence-corrected chi connectivity index (χ4v) is 4.14. The van der Waals surface area contributed by atoms with Gasteiger partial charge in [-0.05, 0) is 30.7 Å². The maximum Gasteiger partial charge on any atom is 0.306 e. The van der Waals surface area contributed by atoms with Crippen LogP contribution in [0.3, 0.4) is 0 Å². The van der Waals surface area contributed by atoms with E-state index < -0.39 is 22.1 Å².